The Morgan fingerprint density at radius 2 is 1.71 bits per heavy atom. The minimum Gasteiger partial charge on any atom is -0.409 e. The van der Waals surface area contributed by atoms with Gasteiger partial charge in [0.1, 0.15) is 5.75 Å². The van der Waals surface area contributed by atoms with Crippen LogP contribution in [-0.4, -0.2) is 55.9 Å². The molecule has 1 saturated heterocycles. The predicted octanol–water partition coefficient (Wildman–Crippen LogP) is 8.49. The van der Waals surface area contributed by atoms with Crippen LogP contribution in [0.25, 0.3) is 0 Å². The summed E-state index contributed by atoms with van der Waals surface area (Å²) >= 11 is 13.1. The van der Waals surface area contributed by atoms with Crippen LogP contribution in [0.4, 0.5) is 30.6 Å². The molecule has 0 bridgehead atoms. The SMILES string of the molecule is CCN(CC)c1ccc2c(c1)OC(=O)N(c1ccc(Cl)c(Cl)c1)[P@@]2(=Nc1ccc(SC(F)F)cc1)N1CCOCC1. The van der Waals surface area contributed by atoms with Crippen molar-refractivity contribution in [3.8, 4) is 5.75 Å². The highest BCUT2D eigenvalue weighted by Crippen LogP contribution is 2.63. The van der Waals surface area contributed by atoms with Crippen molar-refractivity contribution in [2.24, 2.45) is 4.74 Å². The number of alkyl halides is 2. The summed E-state index contributed by atoms with van der Waals surface area (Å²) in [5, 5.41) is 1.39. The van der Waals surface area contributed by atoms with E-state index < -0.39 is 19.2 Å². The number of carbonyl (C=O) groups excluding carboxylic acids is 1. The number of thioether (sulfide) groups is 1. The Morgan fingerprint density at radius 1 is 1.00 bits per heavy atom. The van der Waals surface area contributed by atoms with Gasteiger partial charge >= 0.3 is 6.09 Å². The second-order valence-electron chi connectivity index (χ2n) is 9.21. The molecular formula is C28H29Cl2F2N4O3PS. The number of hydrogen-bond donors (Lipinski definition) is 0. The van der Waals surface area contributed by atoms with Crippen LogP contribution in [0.3, 0.4) is 0 Å². The molecule has 2 heterocycles. The summed E-state index contributed by atoms with van der Waals surface area (Å²) in [6, 6.07) is 17.5. The van der Waals surface area contributed by atoms with Crippen molar-refractivity contribution >= 4 is 70.8 Å². The summed E-state index contributed by atoms with van der Waals surface area (Å²) < 4.78 is 46.8. The van der Waals surface area contributed by atoms with Gasteiger partial charge in [0.05, 0.1) is 39.9 Å². The topological polar surface area (TPSA) is 57.6 Å². The summed E-state index contributed by atoms with van der Waals surface area (Å²) in [5.74, 6) is -2.10. The molecule has 41 heavy (non-hydrogen) atoms. The first-order valence-corrected chi connectivity index (χ1v) is 16.4. The molecule has 0 spiro atoms. The summed E-state index contributed by atoms with van der Waals surface area (Å²) in [6.45, 7) is 7.65. The second kappa shape index (κ2) is 12.9. The van der Waals surface area contributed by atoms with E-state index in [1.807, 2.05) is 18.2 Å². The zero-order valence-corrected chi connectivity index (χ0v) is 25.7. The summed E-state index contributed by atoms with van der Waals surface area (Å²) in [5.41, 5.74) is 1.95. The standard InChI is InChI=1S/C28H29Cl2F2N4O3PS/c1-3-34(4-2)20-8-12-26-25(18-20)39-28(37)36(21-7-11-23(29)24(30)17-21)40(26,35-13-15-38-16-14-35)33-19-5-9-22(10-6-19)41-27(31)32/h5-12,17-18,27H,3-4,13-16H2,1-2H3/t40-/m0/s1. The van der Waals surface area contributed by atoms with Crippen LogP contribution in [0, 0.1) is 0 Å². The first kappa shape index (κ1) is 30.1. The zero-order chi connectivity index (χ0) is 29.1. The van der Waals surface area contributed by atoms with Crippen molar-refractivity contribution in [3.05, 3.63) is 70.7 Å². The van der Waals surface area contributed by atoms with Gasteiger partial charge in [-0.3, -0.25) is 0 Å². The number of ether oxygens (including phenoxy) is 2. The number of halogens is 4. The Labute approximate surface area is 252 Å². The number of fused-ring (bicyclic) bond motifs is 1. The smallest absolute Gasteiger partial charge is 0.409 e. The first-order valence-electron chi connectivity index (χ1n) is 13.1. The van der Waals surface area contributed by atoms with Gasteiger partial charge in [0.2, 0.25) is 0 Å². The largest absolute Gasteiger partial charge is 0.425 e. The number of rotatable bonds is 8. The Morgan fingerprint density at radius 3 is 2.34 bits per heavy atom. The van der Waals surface area contributed by atoms with E-state index >= 15 is 0 Å². The maximum Gasteiger partial charge on any atom is 0.425 e. The van der Waals surface area contributed by atoms with Crippen LogP contribution in [0.1, 0.15) is 13.8 Å². The summed E-state index contributed by atoms with van der Waals surface area (Å²) in [6.07, 6.45) is -0.596. The Hall–Kier alpha value is -2.33. The molecule has 0 saturated carbocycles. The van der Waals surface area contributed by atoms with Gasteiger partial charge in [-0.15, -0.1) is 0 Å². The highest BCUT2D eigenvalue weighted by molar-refractivity contribution is 7.99. The molecule has 5 rings (SSSR count). The van der Waals surface area contributed by atoms with Gasteiger partial charge in [0.25, 0.3) is 5.76 Å². The molecule has 0 radical (unpaired) electrons. The van der Waals surface area contributed by atoms with Crippen molar-refractivity contribution in [2.75, 3.05) is 49.0 Å². The van der Waals surface area contributed by atoms with Crippen LogP contribution in [0.5, 0.6) is 5.75 Å². The average molecular weight is 642 g/mol. The highest BCUT2D eigenvalue weighted by atomic mass is 35.5. The molecule has 0 unspecified atom stereocenters. The van der Waals surface area contributed by atoms with Crippen LogP contribution in [0.2, 0.25) is 10.0 Å². The van der Waals surface area contributed by atoms with Crippen molar-refractivity contribution in [3.63, 3.8) is 0 Å². The predicted molar refractivity (Wildman–Crippen MR) is 164 cm³/mol. The minimum atomic E-state index is -3.15. The maximum absolute atomic E-state index is 14.0. The van der Waals surface area contributed by atoms with Crippen molar-refractivity contribution < 1.29 is 23.0 Å². The van der Waals surface area contributed by atoms with Gasteiger partial charge in [-0.1, -0.05) is 35.0 Å². The molecule has 0 aliphatic carbocycles. The van der Waals surface area contributed by atoms with Crippen LogP contribution < -0.4 is 19.6 Å². The summed E-state index contributed by atoms with van der Waals surface area (Å²) in [4.78, 5) is 16.6. The van der Waals surface area contributed by atoms with Gasteiger partial charge in [-0.2, -0.15) is 8.78 Å². The number of anilines is 2. The number of morpholine rings is 1. The van der Waals surface area contributed by atoms with Crippen molar-refractivity contribution in [1.29, 1.82) is 0 Å². The van der Waals surface area contributed by atoms with Crippen molar-refractivity contribution in [2.45, 2.75) is 24.5 Å². The molecule has 2 aliphatic rings. The van der Waals surface area contributed by atoms with Gasteiger partial charge in [-0.05, 0) is 68.4 Å². The lowest BCUT2D eigenvalue weighted by atomic mass is 10.2. The molecule has 3 aromatic carbocycles. The molecule has 0 N–H and O–H groups in total. The van der Waals surface area contributed by atoms with Crippen molar-refractivity contribution in [1.82, 2.24) is 4.67 Å². The Bertz CT molecular complexity index is 1470. The van der Waals surface area contributed by atoms with Crippen LogP contribution >= 0.6 is 42.3 Å². The number of nitrogens with zero attached hydrogens (tertiary/aromatic N) is 4. The summed E-state index contributed by atoms with van der Waals surface area (Å²) in [7, 11) is -3.15. The second-order valence-corrected chi connectivity index (χ2v) is 13.9. The number of carbonyl (C=O) groups is 1. The normalized spacial score (nSPS) is 19.2. The van der Waals surface area contributed by atoms with E-state index in [4.69, 9.17) is 37.4 Å². The Kier molecular flexibility index (Phi) is 9.48. The fourth-order valence-corrected chi connectivity index (χ4v) is 9.45. The lowest BCUT2D eigenvalue weighted by Crippen LogP contribution is -2.49. The van der Waals surface area contributed by atoms with Gasteiger partial charge in [0, 0.05) is 42.8 Å². The number of hydrogen-bond acceptors (Lipinski definition) is 6. The molecule has 2 aliphatic heterocycles. The molecule has 218 valence electrons. The van der Waals surface area contributed by atoms with Gasteiger partial charge < -0.3 is 14.4 Å². The van der Waals surface area contributed by atoms with Crippen LogP contribution in [0.15, 0.2) is 70.3 Å². The van der Waals surface area contributed by atoms with E-state index in [0.717, 1.165) is 24.1 Å². The molecule has 1 amide bonds. The zero-order valence-electron chi connectivity index (χ0n) is 22.5. The molecule has 0 aromatic heterocycles. The fourth-order valence-electron chi connectivity index (χ4n) is 4.99. The lowest BCUT2D eigenvalue weighted by molar-refractivity contribution is 0.0742. The third-order valence-electron chi connectivity index (χ3n) is 6.89. The molecule has 1 fully saturated rings. The minimum absolute atomic E-state index is 0.285. The van der Waals surface area contributed by atoms with E-state index in [1.54, 1.807) is 47.1 Å². The fraction of sp³-hybridized carbons (Fsp3) is 0.321. The Balaban J connectivity index is 1.79. The van der Waals surface area contributed by atoms with E-state index in [2.05, 4.69) is 23.4 Å². The average Bonchev–Trinajstić information content (AvgIpc) is 2.96. The van der Waals surface area contributed by atoms with Crippen LogP contribution in [-0.2, 0) is 4.74 Å². The molecule has 3 aromatic rings. The van der Waals surface area contributed by atoms with E-state index in [1.165, 1.54) is 0 Å². The highest BCUT2D eigenvalue weighted by Gasteiger charge is 2.48. The molecule has 13 heteroatoms. The third-order valence-corrected chi connectivity index (χ3v) is 12.0. The van der Waals surface area contributed by atoms with Gasteiger partial charge in [0.15, 0.2) is 7.36 Å². The maximum atomic E-state index is 14.0. The van der Waals surface area contributed by atoms with E-state index in [-0.39, 0.29) is 5.02 Å². The lowest BCUT2D eigenvalue weighted by Gasteiger charge is -2.47. The third kappa shape index (κ3) is 6.10. The first-order chi connectivity index (χ1) is 19.8. The number of benzene rings is 3. The monoisotopic (exact) mass is 640 g/mol. The molecule has 1 atom stereocenters. The van der Waals surface area contributed by atoms with Gasteiger partial charge in [-0.25, -0.2) is 18.9 Å². The van der Waals surface area contributed by atoms with E-state index in [0.29, 0.717) is 65.1 Å². The van der Waals surface area contributed by atoms with E-state index in [9.17, 15) is 13.6 Å². The molecular weight excluding hydrogens is 612 g/mol. The number of amides is 1. The quantitative estimate of drug-likeness (QED) is 0.182. The molecule has 7 nitrogen and oxygen atoms in total.